The maximum Gasteiger partial charge on any atom is 0.229 e. The van der Waals surface area contributed by atoms with Crippen molar-refractivity contribution >= 4 is 46.6 Å². The van der Waals surface area contributed by atoms with E-state index in [9.17, 15) is 9.59 Å². The van der Waals surface area contributed by atoms with Crippen LogP contribution in [0.25, 0.3) is 0 Å². The number of hydrogen-bond donors (Lipinski definition) is 3. The summed E-state index contributed by atoms with van der Waals surface area (Å²) < 4.78 is 0. The van der Waals surface area contributed by atoms with Gasteiger partial charge < -0.3 is 21.3 Å². The van der Waals surface area contributed by atoms with Crippen LogP contribution in [0.2, 0.25) is 5.02 Å². The molecule has 1 aliphatic carbocycles. The van der Waals surface area contributed by atoms with Gasteiger partial charge in [-0.25, -0.2) is 4.98 Å². The average Bonchev–Trinajstić information content (AvgIpc) is 2.89. The van der Waals surface area contributed by atoms with Crippen LogP contribution in [0.1, 0.15) is 44.1 Å². The van der Waals surface area contributed by atoms with Crippen LogP contribution in [0.3, 0.4) is 0 Å². The Balaban J connectivity index is 1.53. The third-order valence-electron chi connectivity index (χ3n) is 6.11. The van der Waals surface area contributed by atoms with Crippen LogP contribution in [0, 0.1) is 5.92 Å². The molecule has 1 fully saturated rings. The summed E-state index contributed by atoms with van der Waals surface area (Å²) in [5, 5.41) is 6.92. The molecule has 0 saturated heterocycles. The summed E-state index contributed by atoms with van der Waals surface area (Å²) in [5.41, 5.74) is 8.46. The summed E-state index contributed by atoms with van der Waals surface area (Å²) in [5.74, 6) is 0.483. The lowest BCUT2D eigenvalue weighted by atomic mass is 9.84. The zero-order valence-corrected chi connectivity index (χ0v) is 18.3. The highest BCUT2D eigenvalue weighted by molar-refractivity contribution is 6.32. The summed E-state index contributed by atoms with van der Waals surface area (Å²) in [6.07, 6.45) is 7.39. The van der Waals surface area contributed by atoms with Gasteiger partial charge in [0.25, 0.3) is 0 Å². The third-order valence-corrected chi connectivity index (χ3v) is 6.38. The number of fused-ring (bicyclic) bond motifs is 1. The maximum absolute atomic E-state index is 12.1. The molecule has 8 nitrogen and oxygen atoms in total. The highest BCUT2D eigenvalue weighted by Crippen LogP contribution is 2.31. The Bertz CT molecular complexity index is 998. The number of carbonyl (C=O) groups is 2. The van der Waals surface area contributed by atoms with Crippen LogP contribution in [0.4, 0.5) is 23.1 Å². The predicted molar refractivity (Wildman–Crippen MR) is 122 cm³/mol. The van der Waals surface area contributed by atoms with Crippen molar-refractivity contribution in [2.45, 2.75) is 51.0 Å². The Morgan fingerprint density at radius 1 is 1.23 bits per heavy atom. The number of carbonyl (C=O) groups excluding carboxylic acids is 2. The van der Waals surface area contributed by atoms with Crippen LogP contribution in [0.15, 0.2) is 24.4 Å². The van der Waals surface area contributed by atoms with Crippen molar-refractivity contribution in [1.29, 1.82) is 0 Å². The summed E-state index contributed by atoms with van der Waals surface area (Å²) in [6, 6.07) is 5.78. The van der Waals surface area contributed by atoms with Gasteiger partial charge in [-0.15, -0.1) is 0 Å². The molecule has 0 bridgehead atoms. The first kappa shape index (κ1) is 21.4. The minimum atomic E-state index is -0.297. The standard InChI is InChI=1S/C22H27ClN6O2/c1-29-18-10-9-14(11-13(18)5-4-8-19(29)30)26-22-25-12-16(23)21(28-22)27-17-7-3-2-6-15(17)20(24)31/h9-12,15,17H,2-8H2,1H3,(H2,24,31)(H2,25,26,27,28)/t15-,17-/m0/s1. The monoisotopic (exact) mass is 442 g/mol. The van der Waals surface area contributed by atoms with Gasteiger partial charge in [0.15, 0.2) is 5.82 Å². The summed E-state index contributed by atoms with van der Waals surface area (Å²) in [7, 11) is 1.81. The average molecular weight is 443 g/mol. The first-order valence-corrected chi connectivity index (χ1v) is 11.0. The number of nitrogens with two attached hydrogens (primary N) is 1. The summed E-state index contributed by atoms with van der Waals surface area (Å²) in [4.78, 5) is 34.4. The zero-order valence-electron chi connectivity index (χ0n) is 17.5. The molecular formula is C22H27ClN6O2. The molecule has 9 heteroatoms. The largest absolute Gasteiger partial charge is 0.369 e. The van der Waals surface area contributed by atoms with Gasteiger partial charge in [-0.05, 0) is 49.4 Å². The lowest BCUT2D eigenvalue weighted by Gasteiger charge is -2.30. The minimum absolute atomic E-state index is 0.0907. The van der Waals surface area contributed by atoms with Crippen LogP contribution < -0.4 is 21.3 Å². The SMILES string of the molecule is CN1C(=O)CCCc2cc(Nc3ncc(Cl)c(N[C@H]4CCCC[C@@H]4C(N)=O)n3)ccc21. The number of anilines is 4. The van der Waals surface area contributed by atoms with Gasteiger partial charge >= 0.3 is 0 Å². The molecule has 1 aromatic carbocycles. The first-order chi connectivity index (χ1) is 14.9. The van der Waals surface area contributed by atoms with Crippen molar-refractivity contribution in [1.82, 2.24) is 9.97 Å². The van der Waals surface area contributed by atoms with Gasteiger partial charge in [-0.2, -0.15) is 4.98 Å². The molecule has 0 unspecified atom stereocenters. The number of rotatable bonds is 5. The van der Waals surface area contributed by atoms with Gasteiger partial charge in [-0.1, -0.05) is 24.4 Å². The molecule has 2 heterocycles. The van der Waals surface area contributed by atoms with E-state index in [2.05, 4.69) is 20.6 Å². The minimum Gasteiger partial charge on any atom is -0.369 e. The zero-order chi connectivity index (χ0) is 22.0. The molecule has 164 valence electrons. The lowest BCUT2D eigenvalue weighted by Crippen LogP contribution is -2.40. The number of hydrogen-bond acceptors (Lipinski definition) is 6. The van der Waals surface area contributed by atoms with Gasteiger partial charge in [0.05, 0.1) is 12.1 Å². The van der Waals surface area contributed by atoms with Crippen LogP contribution in [0.5, 0.6) is 0 Å². The van der Waals surface area contributed by atoms with Gasteiger partial charge in [0.1, 0.15) is 5.02 Å². The Morgan fingerprint density at radius 2 is 2.03 bits per heavy atom. The Kier molecular flexibility index (Phi) is 6.27. The Hall–Kier alpha value is -2.87. The molecule has 2 aromatic rings. The third kappa shape index (κ3) is 4.74. The number of halogens is 1. The van der Waals surface area contributed by atoms with Crippen LogP contribution in [-0.4, -0.2) is 34.9 Å². The number of nitrogens with one attached hydrogen (secondary N) is 2. The number of benzene rings is 1. The molecule has 2 atom stereocenters. The number of nitrogens with zero attached hydrogens (tertiary/aromatic N) is 3. The van der Waals surface area contributed by atoms with Crippen molar-refractivity contribution in [2.24, 2.45) is 11.7 Å². The van der Waals surface area contributed by atoms with Crippen molar-refractivity contribution < 1.29 is 9.59 Å². The Labute approximate surface area is 186 Å². The van der Waals surface area contributed by atoms with E-state index >= 15 is 0 Å². The first-order valence-electron chi connectivity index (χ1n) is 10.7. The smallest absolute Gasteiger partial charge is 0.229 e. The molecule has 4 N–H and O–H groups in total. The topological polar surface area (TPSA) is 113 Å². The highest BCUT2D eigenvalue weighted by Gasteiger charge is 2.30. The summed E-state index contributed by atoms with van der Waals surface area (Å²) >= 11 is 6.32. The molecule has 0 radical (unpaired) electrons. The Morgan fingerprint density at radius 3 is 2.84 bits per heavy atom. The van der Waals surface area contributed by atoms with E-state index in [1.54, 1.807) is 4.90 Å². The molecule has 1 aliphatic heterocycles. The second-order valence-electron chi connectivity index (χ2n) is 8.21. The maximum atomic E-state index is 12.1. The molecule has 4 rings (SSSR count). The van der Waals surface area contributed by atoms with Crippen molar-refractivity contribution in [3.63, 3.8) is 0 Å². The predicted octanol–water partition coefficient (Wildman–Crippen LogP) is 3.63. The lowest BCUT2D eigenvalue weighted by molar-refractivity contribution is -0.123. The molecular weight excluding hydrogens is 416 g/mol. The molecule has 31 heavy (non-hydrogen) atoms. The second kappa shape index (κ2) is 9.09. The second-order valence-corrected chi connectivity index (χ2v) is 8.62. The fourth-order valence-corrected chi connectivity index (χ4v) is 4.55. The van der Waals surface area contributed by atoms with E-state index in [0.29, 0.717) is 23.2 Å². The van der Waals surface area contributed by atoms with Crippen LogP contribution in [-0.2, 0) is 16.0 Å². The van der Waals surface area contributed by atoms with E-state index in [4.69, 9.17) is 17.3 Å². The molecule has 1 aromatic heterocycles. The quantitative estimate of drug-likeness (QED) is 0.651. The molecule has 0 spiro atoms. The van der Waals surface area contributed by atoms with Gasteiger partial charge in [-0.3, -0.25) is 9.59 Å². The molecule has 2 aliphatic rings. The number of primary amides is 1. The summed E-state index contributed by atoms with van der Waals surface area (Å²) in [6.45, 7) is 0. The van der Waals surface area contributed by atoms with Crippen LogP contribution >= 0.6 is 11.6 Å². The van der Waals surface area contributed by atoms with Crippen molar-refractivity contribution in [3.05, 3.63) is 35.0 Å². The van der Waals surface area contributed by atoms with E-state index in [1.165, 1.54) is 6.20 Å². The highest BCUT2D eigenvalue weighted by atomic mass is 35.5. The number of amides is 2. The van der Waals surface area contributed by atoms with E-state index < -0.39 is 0 Å². The fraction of sp³-hybridized carbons (Fsp3) is 0.455. The fourth-order valence-electron chi connectivity index (χ4n) is 4.40. The van der Waals surface area contributed by atoms with E-state index in [1.807, 2.05) is 25.2 Å². The van der Waals surface area contributed by atoms with Crippen molar-refractivity contribution in [2.75, 3.05) is 22.6 Å². The number of aryl methyl sites for hydroxylation is 1. The normalized spacial score (nSPS) is 21.2. The molecule has 2 amide bonds. The number of aromatic nitrogens is 2. The van der Waals surface area contributed by atoms with Gasteiger partial charge in [0.2, 0.25) is 17.8 Å². The van der Waals surface area contributed by atoms with Gasteiger partial charge in [0, 0.05) is 30.9 Å². The van der Waals surface area contributed by atoms with E-state index in [0.717, 1.165) is 55.5 Å². The molecule has 1 saturated carbocycles. The van der Waals surface area contributed by atoms with Crippen molar-refractivity contribution in [3.8, 4) is 0 Å². The van der Waals surface area contributed by atoms with E-state index in [-0.39, 0.29) is 23.8 Å².